The van der Waals surface area contributed by atoms with Crippen molar-refractivity contribution in [1.29, 1.82) is 0 Å². The average Bonchev–Trinajstić information content (AvgIpc) is 3.06. The SMILES string of the molecule is CC(C)(C)N1C(=O)c2ccc(C3CC3)cc2S1(=O)=O. The van der Waals surface area contributed by atoms with Gasteiger partial charge in [0.15, 0.2) is 0 Å². The Bertz CT molecular complexity index is 666. The quantitative estimate of drug-likeness (QED) is 0.793. The Hall–Kier alpha value is -1.36. The zero-order chi connectivity index (χ0) is 14.0. The molecule has 0 aromatic heterocycles. The lowest BCUT2D eigenvalue weighted by atomic mass is 10.1. The third-order valence-corrected chi connectivity index (χ3v) is 5.68. The van der Waals surface area contributed by atoms with E-state index >= 15 is 0 Å². The highest BCUT2D eigenvalue weighted by molar-refractivity contribution is 7.90. The van der Waals surface area contributed by atoms with E-state index in [0.717, 1.165) is 22.7 Å². The van der Waals surface area contributed by atoms with Gasteiger partial charge in [-0.15, -0.1) is 0 Å². The van der Waals surface area contributed by atoms with Crippen molar-refractivity contribution >= 4 is 15.9 Å². The molecular weight excluding hydrogens is 262 g/mol. The van der Waals surface area contributed by atoms with Gasteiger partial charge in [0.2, 0.25) is 0 Å². The van der Waals surface area contributed by atoms with E-state index in [1.165, 1.54) is 0 Å². The van der Waals surface area contributed by atoms with E-state index in [9.17, 15) is 13.2 Å². The van der Waals surface area contributed by atoms with Crippen LogP contribution in [0.2, 0.25) is 0 Å². The molecule has 1 aromatic carbocycles. The molecule has 2 aliphatic rings. The van der Waals surface area contributed by atoms with Crippen LogP contribution in [0.3, 0.4) is 0 Å². The van der Waals surface area contributed by atoms with E-state index in [1.54, 1.807) is 32.9 Å². The number of fused-ring (bicyclic) bond motifs is 1. The van der Waals surface area contributed by atoms with E-state index in [-0.39, 0.29) is 4.90 Å². The molecule has 0 saturated heterocycles. The molecule has 0 N–H and O–H groups in total. The molecule has 0 unspecified atom stereocenters. The lowest BCUT2D eigenvalue weighted by molar-refractivity contribution is 0.0788. The molecule has 1 heterocycles. The summed E-state index contributed by atoms with van der Waals surface area (Å²) in [5.74, 6) is 0.0594. The number of rotatable bonds is 1. The van der Waals surface area contributed by atoms with Crippen molar-refractivity contribution in [2.24, 2.45) is 0 Å². The molecule has 1 amide bonds. The molecule has 0 bridgehead atoms. The lowest BCUT2D eigenvalue weighted by Gasteiger charge is -2.29. The van der Waals surface area contributed by atoms with Crippen LogP contribution in [0.1, 0.15) is 55.5 Å². The molecule has 0 atom stereocenters. The molecule has 1 aliphatic carbocycles. The van der Waals surface area contributed by atoms with Crippen LogP contribution in [0.15, 0.2) is 23.1 Å². The van der Waals surface area contributed by atoms with Gasteiger partial charge in [-0.25, -0.2) is 12.7 Å². The lowest BCUT2D eigenvalue weighted by Crippen LogP contribution is -2.45. The van der Waals surface area contributed by atoms with E-state index in [0.29, 0.717) is 11.5 Å². The van der Waals surface area contributed by atoms with Gasteiger partial charge in [0.05, 0.1) is 11.1 Å². The largest absolute Gasteiger partial charge is 0.269 e. The highest BCUT2D eigenvalue weighted by atomic mass is 32.2. The fourth-order valence-corrected chi connectivity index (χ4v) is 4.53. The second-order valence-electron chi connectivity index (χ2n) is 6.28. The van der Waals surface area contributed by atoms with Gasteiger partial charge in [-0.3, -0.25) is 4.79 Å². The maximum absolute atomic E-state index is 12.5. The van der Waals surface area contributed by atoms with Crippen molar-refractivity contribution in [2.45, 2.75) is 50.0 Å². The van der Waals surface area contributed by atoms with Gasteiger partial charge in [-0.1, -0.05) is 6.07 Å². The van der Waals surface area contributed by atoms with Crippen molar-refractivity contribution < 1.29 is 13.2 Å². The maximum Gasteiger partial charge on any atom is 0.269 e. The molecule has 1 saturated carbocycles. The number of nitrogens with zero attached hydrogens (tertiary/aromatic N) is 1. The molecule has 102 valence electrons. The second-order valence-corrected chi connectivity index (χ2v) is 8.03. The van der Waals surface area contributed by atoms with Gasteiger partial charge >= 0.3 is 0 Å². The molecule has 1 aromatic rings. The van der Waals surface area contributed by atoms with Crippen molar-refractivity contribution in [1.82, 2.24) is 4.31 Å². The number of hydrogen-bond acceptors (Lipinski definition) is 3. The predicted octanol–water partition coefficient (Wildman–Crippen LogP) is 2.51. The Balaban J connectivity index is 2.18. The smallest absolute Gasteiger partial charge is 0.268 e. The fraction of sp³-hybridized carbons (Fsp3) is 0.500. The summed E-state index contributed by atoms with van der Waals surface area (Å²) >= 11 is 0. The molecular formula is C14H17NO3S. The van der Waals surface area contributed by atoms with Gasteiger partial charge in [-0.2, -0.15) is 0 Å². The van der Waals surface area contributed by atoms with Crippen LogP contribution >= 0.6 is 0 Å². The molecule has 4 nitrogen and oxygen atoms in total. The summed E-state index contributed by atoms with van der Waals surface area (Å²) in [6, 6.07) is 5.23. The van der Waals surface area contributed by atoms with Crippen LogP contribution < -0.4 is 0 Å². The first kappa shape index (κ1) is 12.7. The van der Waals surface area contributed by atoms with Crippen molar-refractivity contribution in [3.05, 3.63) is 29.3 Å². The van der Waals surface area contributed by atoms with Crippen LogP contribution in [0.5, 0.6) is 0 Å². The second kappa shape index (κ2) is 3.60. The number of amides is 1. The highest BCUT2D eigenvalue weighted by Crippen LogP contribution is 2.43. The minimum atomic E-state index is -3.70. The van der Waals surface area contributed by atoms with Crippen LogP contribution in [0.4, 0.5) is 0 Å². The number of benzene rings is 1. The monoisotopic (exact) mass is 279 g/mol. The third kappa shape index (κ3) is 1.79. The fourth-order valence-electron chi connectivity index (χ4n) is 2.58. The van der Waals surface area contributed by atoms with Crippen LogP contribution in [-0.2, 0) is 10.0 Å². The van der Waals surface area contributed by atoms with Crippen LogP contribution in [0, 0.1) is 0 Å². The van der Waals surface area contributed by atoms with Gasteiger partial charge in [-0.05, 0) is 57.2 Å². The standard InChI is InChI=1S/C14H17NO3S/c1-14(2,3)15-13(16)11-7-6-10(9-4-5-9)8-12(11)19(15,17)18/h6-9H,4-5H2,1-3H3. The Labute approximate surface area is 113 Å². The summed E-state index contributed by atoms with van der Waals surface area (Å²) in [5, 5.41) is 0. The maximum atomic E-state index is 12.5. The first-order valence-corrected chi connectivity index (χ1v) is 7.90. The minimum Gasteiger partial charge on any atom is -0.268 e. The van der Waals surface area contributed by atoms with Crippen LogP contribution in [-0.4, -0.2) is 24.2 Å². The number of sulfonamides is 1. The van der Waals surface area contributed by atoms with Crippen molar-refractivity contribution in [2.75, 3.05) is 0 Å². The number of carbonyl (C=O) groups is 1. The molecule has 1 aliphatic heterocycles. The summed E-state index contributed by atoms with van der Waals surface area (Å²) < 4.78 is 26.1. The van der Waals surface area contributed by atoms with E-state index in [2.05, 4.69) is 0 Å². The molecule has 3 rings (SSSR count). The first-order valence-electron chi connectivity index (χ1n) is 6.46. The molecule has 5 heteroatoms. The molecule has 0 spiro atoms. The Morgan fingerprint density at radius 2 is 1.84 bits per heavy atom. The van der Waals surface area contributed by atoms with Gasteiger partial charge in [0.1, 0.15) is 4.90 Å². The zero-order valence-electron chi connectivity index (χ0n) is 11.3. The zero-order valence-corrected chi connectivity index (χ0v) is 12.1. The van der Waals surface area contributed by atoms with Crippen molar-refractivity contribution in [3.63, 3.8) is 0 Å². The molecule has 1 fully saturated rings. The minimum absolute atomic E-state index is 0.178. The predicted molar refractivity (Wildman–Crippen MR) is 71.5 cm³/mol. The average molecular weight is 279 g/mol. The number of carbonyl (C=O) groups excluding carboxylic acids is 1. The van der Waals surface area contributed by atoms with Gasteiger partial charge in [0.25, 0.3) is 15.9 Å². The summed E-state index contributed by atoms with van der Waals surface area (Å²) in [7, 11) is -3.70. The Morgan fingerprint density at radius 3 is 2.37 bits per heavy atom. The van der Waals surface area contributed by atoms with Crippen LogP contribution in [0.25, 0.3) is 0 Å². The normalized spacial score (nSPS) is 21.6. The summed E-state index contributed by atoms with van der Waals surface area (Å²) in [5.41, 5.74) is 0.597. The summed E-state index contributed by atoms with van der Waals surface area (Å²) in [4.78, 5) is 12.5. The third-order valence-electron chi connectivity index (χ3n) is 3.60. The topological polar surface area (TPSA) is 54.5 Å². The Kier molecular flexibility index (Phi) is 2.40. The molecule has 19 heavy (non-hydrogen) atoms. The van der Waals surface area contributed by atoms with E-state index in [4.69, 9.17) is 0 Å². The first-order chi connectivity index (χ1) is 8.73. The van der Waals surface area contributed by atoms with Crippen molar-refractivity contribution in [3.8, 4) is 0 Å². The van der Waals surface area contributed by atoms with Gasteiger partial charge in [0, 0.05) is 0 Å². The summed E-state index contributed by atoms with van der Waals surface area (Å²) in [6.07, 6.45) is 2.21. The highest BCUT2D eigenvalue weighted by Gasteiger charge is 2.47. The Morgan fingerprint density at radius 1 is 1.21 bits per heavy atom. The van der Waals surface area contributed by atoms with E-state index in [1.807, 2.05) is 6.07 Å². The van der Waals surface area contributed by atoms with Gasteiger partial charge < -0.3 is 0 Å². The number of hydrogen-bond donors (Lipinski definition) is 0. The molecule has 0 radical (unpaired) electrons. The van der Waals surface area contributed by atoms with E-state index < -0.39 is 21.5 Å². The summed E-state index contributed by atoms with van der Waals surface area (Å²) in [6.45, 7) is 5.20.